The van der Waals surface area contributed by atoms with E-state index in [1.54, 1.807) is 6.20 Å². The van der Waals surface area contributed by atoms with Crippen molar-refractivity contribution in [2.75, 3.05) is 5.33 Å². The Morgan fingerprint density at radius 2 is 2.25 bits per heavy atom. The van der Waals surface area contributed by atoms with Gasteiger partial charge in [0.05, 0.1) is 0 Å². The van der Waals surface area contributed by atoms with Gasteiger partial charge in [-0.15, -0.1) is 0 Å². The molecular formula is C9H7Br2N. The quantitative estimate of drug-likeness (QED) is 0.572. The first kappa shape index (κ1) is 9.76. The zero-order chi connectivity index (χ0) is 8.81. The number of rotatable bonds is 1. The largest absolute Gasteiger partial charge is 0.247 e. The predicted octanol–water partition coefficient (Wildman–Crippen LogP) is 2.98. The van der Waals surface area contributed by atoms with E-state index in [-0.39, 0.29) is 0 Å². The molecule has 0 bridgehead atoms. The Morgan fingerprint density at radius 1 is 1.42 bits per heavy atom. The number of nitrogens with zero attached hydrogens (tertiary/aromatic N) is 1. The van der Waals surface area contributed by atoms with Gasteiger partial charge in [0.2, 0.25) is 0 Å². The molecule has 0 atom stereocenters. The lowest BCUT2D eigenvalue weighted by Gasteiger charge is -1.88. The number of alkyl halides is 1. The summed E-state index contributed by atoms with van der Waals surface area (Å²) in [6, 6.07) is 3.83. The van der Waals surface area contributed by atoms with Crippen molar-refractivity contribution in [1.29, 1.82) is 0 Å². The summed E-state index contributed by atoms with van der Waals surface area (Å²) in [5.41, 5.74) is 0.819. The molecule has 1 aromatic heterocycles. The second-order valence-corrected chi connectivity index (χ2v) is 3.81. The van der Waals surface area contributed by atoms with Gasteiger partial charge in [-0.3, -0.25) is 0 Å². The van der Waals surface area contributed by atoms with Gasteiger partial charge in [0.1, 0.15) is 5.69 Å². The Bertz CT molecular complexity index is 295. The molecule has 0 aromatic carbocycles. The molecule has 12 heavy (non-hydrogen) atoms. The van der Waals surface area contributed by atoms with Crippen molar-refractivity contribution in [3.8, 4) is 11.8 Å². The normalized spacial score (nSPS) is 8.83. The fourth-order valence-corrected chi connectivity index (χ4v) is 1.08. The van der Waals surface area contributed by atoms with Crippen molar-refractivity contribution in [3.63, 3.8) is 0 Å². The average molecular weight is 289 g/mol. The fourth-order valence-electron chi connectivity index (χ4n) is 0.650. The average Bonchev–Trinajstić information content (AvgIpc) is 2.09. The molecule has 0 saturated heterocycles. The third kappa shape index (κ3) is 3.38. The summed E-state index contributed by atoms with van der Waals surface area (Å²) in [5, 5.41) is 0.913. The molecule has 0 radical (unpaired) electrons. The van der Waals surface area contributed by atoms with Crippen LogP contribution in [-0.4, -0.2) is 10.3 Å². The number of aromatic nitrogens is 1. The molecule has 0 aliphatic rings. The van der Waals surface area contributed by atoms with Crippen LogP contribution in [0.15, 0.2) is 22.8 Å². The Labute approximate surface area is 88.8 Å². The van der Waals surface area contributed by atoms with Crippen molar-refractivity contribution < 1.29 is 0 Å². The van der Waals surface area contributed by atoms with Crippen molar-refractivity contribution >= 4 is 31.9 Å². The van der Waals surface area contributed by atoms with Crippen molar-refractivity contribution in [2.45, 2.75) is 6.42 Å². The number of hydrogen-bond acceptors (Lipinski definition) is 1. The summed E-state index contributed by atoms with van der Waals surface area (Å²) in [6.45, 7) is 0. The van der Waals surface area contributed by atoms with Crippen LogP contribution in [0, 0.1) is 11.8 Å². The van der Waals surface area contributed by atoms with Crippen LogP contribution in [0.4, 0.5) is 0 Å². The Balaban J connectivity index is 2.66. The molecule has 0 N–H and O–H groups in total. The maximum absolute atomic E-state index is 4.11. The lowest BCUT2D eigenvalue weighted by Crippen LogP contribution is -1.80. The number of pyridine rings is 1. The molecular weight excluding hydrogens is 282 g/mol. The molecule has 3 heteroatoms. The monoisotopic (exact) mass is 287 g/mol. The topological polar surface area (TPSA) is 12.9 Å². The highest BCUT2D eigenvalue weighted by atomic mass is 79.9. The lowest BCUT2D eigenvalue weighted by atomic mass is 10.3. The molecule has 1 heterocycles. The van der Waals surface area contributed by atoms with Gasteiger partial charge in [-0.25, -0.2) is 4.98 Å². The van der Waals surface area contributed by atoms with Gasteiger partial charge >= 0.3 is 0 Å². The Morgan fingerprint density at radius 3 is 2.83 bits per heavy atom. The van der Waals surface area contributed by atoms with Gasteiger partial charge in [-0.1, -0.05) is 21.9 Å². The van der Waals surface area contributed by atoms with Gasteiger partial charge in [0, 0.05) is 22.4 Å². The maximum atomic E-state index is 4.11. The predicted molar refractivity (Wildman–Crippen MR) is 57.2 cm³/mol. The summed E-state index contributed by atoms with van der Waals surface area (Å²) < 4.78 is 0.980. The summed E-state index contributed by atoms with van der Waals surface area (Å²) in [5.74, 6) is 5.96. The van der Waals surface area contributed by atoms with E-state index in [9.17, 15) is 0 Å². The molecule has 1 rings (SSSR count). The minimum Gasteiger partial charge on any atom is -0.247 e. The molecule has 1 nitrogen and oxygen atoms in total. The van der Waals surface area contributed by atoms with Crippen LogP contribution < -0.4 is 0 Å². The molecule has 0 spiro atoms. The van der Waals surface area contributed by atoms with E-state index < -0.39 is 0 Å². The molecule has 0 aliphatic heterocycles. The second kappa shape index (κ2) is 5.34. The zero-order valence-electron chi connectivity index (χ0n) is 6.35. The standard InChI is InChI=1S/C9H7Br2N/c10-6-2-1-3-9-5-4-8(11)7-12-9/h4-5,7H,2,6H2. The van der Waals surface area contributed by atoms with Crippen LogP contribution in [0.1, 0.15) is 12.1 Å². The molecule has 0 amide bonds. The highest BCUT2D eigenvalue weighted by Gasteiger charge is 1.87. The first-order chi connectivity index (χ1) is 5.83. The van der Waals surface area contributed by atoms with Crippen LogP contribution in [-0.2, 0) is 0 Å². The molecule has 0 aliphatic carbocycles. The van der Waals surface area contributed by atoms with Gasteiger partial charge in [0.25, 0.3) is 0 Å². The molecule has 62 valence electrons. The smallest absolute Gasteiger partial charge is 0.113 e. The van der Waals surface area contributed by atoms with E-state index >= 15 is 0 Å². The van der Waals surface area contributed by atoms with Crippen LogP contribution in [0.5, 0.6) is 0 Å². The summed E-state index contributed by atoms with van der Waals surface area (Å²) in [7, 11) is 0. The SMILES string of the molecule is BrCCC#Cc1ccc(Br)cn1. The van der Waals surface area contributed by atoms with E-state index in [0.717, 1.165) is 21.9 Å². The minimum atomic E-state index is 0.819. The van der Waals surface area contributed by atoms with E-state index in [1.807, 2.05) is 12.1 Å². The van der Waals surface area contributed by atoms with Gasteiger partial charge < -0.3 is 0 Å². The lowest BCUT2D eigenvalue weighted by molar-refractivity contribution is 1.26. The first-order valence-corrected chi connectivity index (χ1v) is 5.41. The maximum Gasteiger partial charge on any atom is 0.113 e. The van der Waals surface area contributed by atoms with E-state index in [4.69, 9.17) is 0 Å². The Kier molecular flexibility index (Phi) is 4.34. The number of hydrogen-bond donors (Lipinski definition) is 0. The summed E-state index contributed by atoms with van der Waals surface area (Å²) in [6.07, 6.45) is 2.61. The van der Waals surface area contributed by atoms with E-state index in [1.165, 1.54) is 0 Å². The van der Waals surface area contributed by atoms with Crippen molar-refractivity contribution in [1.82, 2.24) is 4.98 Å². The van der Waals surface area contributed by atoms with Gasteiger partial charge in [-0.2, -0.15) is 0 Å². The van der Waals surface area contributed by atoms with Gasteiger partial charge in [-0.05, 0) is 34.0 Å². The third-order valence-electron chi connectivity index (χ3n) is 1.16. The molecule has 0 unspecified atom stereocenters. The number of halogens is 2. The van der Waals surface area contributed by atoms with Crippen LogP contribution in [0.25, 0.3) is 0 Å². The fraction of sp³-hybridized carbons (Fsp3) is 0.222. The van der Waals surface area contributed by atoms with Crippen molar-refractivity contribution in [3.05, 3.63) is 28.5 Å². The highest BCUT2D eigenvalue weighted by molar-refractivity contribution is 9.10. The molecule has 1 aromatic rings. The first-order valence-electron chi connectivity index (χ1n) is 3.49. The van der Waals surface area contributed by atoms with Gasteiger partial charge in [0.15, 0.2) is 0 Å². The Hall–Kier alpha value is -0.330. The molecule has 0 fully saturated rings. The molecule has 0 saturated carbocycles. The zero-order valence-corrected chi connectivity index (χ0v) is 9.52. The highest BCUT2D eigenvalue weighted by Crippen LogP contribution is 2.06. The van der Waals surface area contributed by atoms with Crippen LogP contribution >= 0.6 is 31.9 Å². The third-order valence-corrected chi connectivity index (χ3v) is 2.03. The van der Waals surface area contributed by atoms with E-state index in [0.29, 0.717) is 0 Å². The van der Waals surface area contributed by atoms with Crippen LogP contribution in [0.3, 0.4) is 0 Å². The van der Waals surface area contributed by atoms with Crippen molar-refractivity contribution in [2.24, 2.45) is 0 Å². The summed E-state index contributed by atoms with van der Waals surface area (Å²) in [4.78, 5) is 4.11. The van der Waals surface area contributed by atoms with Crippen LogP contribution in [0.2, 0.25) is 0 Å². The summed E-state index contributed by atoms with van der Waals surface area (Å²) >= 11 is 6.61. The van der Waals surface area contributed by atoms with E-state index in [2.05, 4.69) is 48.7 Å². The second-order valence-electron chi connectivity index (χ2n) is 2.10. The minimum absolute atomic E-state index is 0.819.